The quantitative estimate of drug-likeness (QED) is 0.491. The second-order valence-electron chi connectivity index (χ2n) is 7.46. The Morgan fingerprint density at radius 1 is 1.03 bits per heavy atom. The summed E-state index contributed by atoms with van der Waals surface area (Å²) in [4.78, 5) is 37.8. The van der Waals surface area contributed by atoms with Crippen LogP contribution in [0.5, 0.6) is 0 Å². The fourth-order valence-electron chi connectivity index (χ4n) is 2.85. The average Bonchev–Trinajstić information content (AvgIpc) is 2.69. The lowest BCUT2D eigenvalue weighted by molar-refractivity contribution is -0.148. The van der Waals surface area contributed by atoms with E-state index >= 15 is 0 Å². The van der Waals surface area contributed by atoms with E-state index in [-0.39, 0.29) is 31.1 Å². The molecule has 2 rings (SSSR count). The molecule has 0 aliphatic carbocycles. The van der Waals surface area contributed by atoms with Crippen molar-refractivity contribution in [2.45, 2.75) is 39.7 Å². The molecule has 1 amide bonds. The van der Waals surface area contributed by atoms with E-state index in [1.54, 1.807) is 69.3 Å². The molecular formula is C23H26ClNO4. The van der Waals surface area contributed by atoms with Crippen LogP contribution in [0, 0.1) is 5.41 Å². The van der Waals surface area contributed by atoms with E-state index in [0.717, 1.165) is 5.56 Å². The number of ether oxygens (including phenoxy) is 1. The zero-order chi connectivity index (χ0) is 21.4. The van der Waals surface area contributed by atoms with Gasteiger partial charge in [0.15, 0.2) is 5.78 Å². The van der Waals surface area contributed by atoms with Gasteiger partial charge in [0.2, 0.25) is 5.91 Å². The van der Waals surface area contributed by atoms with E-state index < -0.39 is 17.4 Å². The van der Waals surface area contributed by atoms with Gasteiger partial charge in [-0.15, -0.1) is 0 Å². The van der Waals surface area contributed by atoms with Crippen LogP contribution in [0.3, 0.4) is 0 Å². The Hall–Kier alpha value is -2.66. The maximum atomic E-state index is 12.9. The molecule has 29 heavy (non-hydrogen) atoms. The highest BCUT2D eigenvalue weighted by Crippen LogP contribution is 2.24. The number of ketones is 1. The number of hydrogen-bond donors (Lipinski definition) is 1. The Balaban J connectivity index is 2.11. The zero-order valence-corrected chi connectivity index (χ0v) is 17.7. The van der Waals surface area contributed by atoms with Crippen LogP contribution in [0.25, 0.3) is 0 Å². The third kappa shape index (κ3) is 6.71. The predicted molar refractivity (Wildman–Crippen MR) is 113 cm³/mol. The van der Waals surface area contributed by atoms with Crippen molar-refractivity contribution in [3.05, 3.63) is 70.7 Å². The van der Waals surface area contributed by atoms with Gasteiger partial charge in [0, 0.05) is 23.4 Å². The SMILES string of the molecule is CCOC(=O)C(Cc1ccc(Cl)cc1)NC(=O)C(C)(C)CC(=O)c1ccccc1. The first-order chi connectivity index (χ1) is 13.7. The van der Waals surface area contributed by atoms with E-state index in [2.05, 4.69) is 5.32 Å². The summed E-state index contributed by atoms with van der Waals surface area (Å²) in [7, 11) is 0. The van der Waals surface area contributed by atoms with E-state index in [1.165, 1.54) is 0 Å². The van der Waals surface area contributed by atoms with Crippen LogP contribution >= 0.6 is 11.6 Å². The van der Waals surface area contributed by atoms with Crippen molar-refractivity contribution in [2.75, 3.05) is 6.61 Å². The molecule has 2 aromatic carbocycles. The van der Waals surface area contributed by atoms with Gasteiger partial charge in [0.25, 0.3) is 0 Å². The lowest BCUT2D eigenvalue weighted by atomic mass is 9.84. The second-order valence-corrected chi connectivity index (χ2v) is 7.89. The van der Waals surface area contributed by atoms with Crippen LogP contribution in [0.4, 0.5) is 0 Å². The Bertz CT molecular complexity index is 847. The molecule has 1 N–H and O–H groups in total. The molecule has 0 bridgehead atoms. The highest BCUT2D eigenvalue weighted by atomic mass is 35.5. The van der Waals surface area contributed by atoms with Gasteiger partial charge in [-0.2, -0.15) is 0 Å². The Kier molecular flexibility index (Phi) is 7.97. The summed E-state index contributed by atoms with van der Waals surface area (Å²) in [6.07, 6.45) is 0.295. The molecule has 2 aromatic rings. The van der Waals surface area contributed by atoms with Crippen LogP contribution in [-0.4, -0.2) is 30.3 Å². The highest BCUT2D eigenvalue weighted by Gasteiger charge is 2.34. The van der Waals surface area contributed by atoms with Crippen molar-refractivity contribution in [1.29, 1.82) is 0 Å². The summed E-state index contributed by atoms with van der Waals surface area (Å²) in [5.41, 5.74) is 0.403. The Labute approximate surface area is 176 Å². The van der Waals surface area contributed by atoms with E-state index in [0.29, 0.717) is 10.6 Å². The molecule has 0 heterocycles. The first-order valence-electron chi connectivity index (χ1n) is 9.53. The highest BCUT2D eigenvalue weighted by molar-refractivity contribution is 6.30. The summed E-state index contributed by atoms with van der Waals surface area (Å²) in [5.74, 6) is -1.02. The minimum atomic E-state index is -0.988. The second kappa shape index (κ2) is 10.2. The Morgan fingerprint density at radius 3 is 2.24 bits per heavy atom. The third-order valence-corrected chi connectivity index (χ3v) is 4.79. The molecular weight excluding hydrogens is 390 g/mol. The monoisotopic (exact) mass is 415 g/mol. The predicted octanol–water partition coefficient (Wildman–Crippen LogP) is 4.23. The van der Waals surface area contributed by atoms with E-state index in [9.17, 15) is 14.4 Å². The number of carbonyl (C=O) groups excluding carboxylic acids is 3. The number of esters is 1. The topological polar surface area (TPSA) is 72.5 Å². The molecule has 0 aliphatic heterocycles. The van der Waals surface area contributed by atoms with Gasteiger partial charge >= 0.3 is 5.97 Å². The molecule has 0 aromatic heterocycles. The summed E-state index contributed by atoms with van der Waals surface area (Å²) < 4.78 is 5.12. The third-order valence-electron chi connectivity index (χ3n) is 4.54. The van der Waals surface area contributed by atoms with Crippen LogP contribution < -0.4 is 5.32 Å². The molecule has 1 atom stereocenters. The van der Waals surface area contributed by atoms with Crippen molar-refractivity contribution in [2.24, 2.45) is 5.41 Å². The molecule has 0 saturated carbocycles. The number of benzene rings is 2. The lowest BCUT2D eigenvalue weighted by Crippen LogP contribution is -2.48. The van der Waals surface area contributed by atoms with Crippen molar-refractivity contribution in [3.63, 3.8) is 0 Å². The molecule has 154 valence electrons. The number of rotatable bonds is 9. The van der Waals surface area contributed by atoms with Crippen LogP contribution in [-0.2, 0) is 20.7 Å². The maximum Gasteiger partial charge on any atom is 0.328 e. The van der Waals surface area contributed by atoms with Crippen molar-refractivity contribution in [1.82, 2.24) is 5.32 Å². The number of nitrogens with one attached hydrogen (secondary N) is 1. The number of hydrogen-bond acceptors (Lipinski definition) is 4. The first kappa shape index (κ1) is 22.6. The van der Waals surface area contributed by atoms with Crippen molar-refractivity contribution >= 4 is 29.3 Å². The van der Waals surface area contributed by atoms with Gasteiger partial charge < -0.3 is 10.1 Å². The van der Waals surface area contributed by atoms with Crippen LogP contribution in [0.2, 0.25) is 5.02 Å². The molecule has 0 saturated heterocycles. The van der Waals surface area contributed by atoms with Gasteiger partial charge in [0.05, 0.1) is 12.0 Å². The van der Waals surface area contributed by atoms with E-state index in [1.807, 2.05) is 6.07 Å². The molecule has 0 aliphatic rings. The van der Waals surface area contributed by atoms with E-state index in [4.69, 9.17) is 16.3 Å². The molecule has 0 radical (unpaired) electrons. The fraction of sp³-hybridized carbons (Fsp3) is 0.348. The minimum Gasteiger partial charge on any atom is -0.464 e. The molecule has 6 heteroatoms. The maximum absolute atomic E-state index is 12.9. The minimum absolute atomic E-state index is 0.0271. The normalized spacial score (nSPS) is 12.1. The lowest BCUT2D eigenvalue weighted by Gasteiger charge is -2.26. The summed E-state index contributed by atoms with van der Waals surface area (Å²) >= 11 is 5.91. The number of Topliss-reactive ketones (excluding diaryl/α,β-unsaturated/α-hetero) is 1. The Morgan fingerprint density at radius 2 is 1.66 bits per heavy atom. The van der Waals surface area contributed by atoms with Gasteiger partial charge in [-0.3, -0.25) is 9.59 Å². The zero-order valence-electron chi connectivity index (χ0n) is 16.9. The number of amides is 1. The molecule has 5 nitrogen and oxygen atoms in total. The van der Waals surface area contributed by atoms with Crippen LogP contribution in [0.1, 0.15) is 43.1 Å². The number of carbonyl (C=O) groups is 3. The first-order valence-corrected chi connectivity index (χ1v) is 9.91. The van der Waals surface area contributed by atoms with Gasteiger partial charge in [-0.05, 0) is 24.6 Å². The summed E-state index contributed by atoms with van der Waals surface area (Å²) in [6, 6.07) is 15.0. The fourth-order valence-corrected chi connectivity index (χ4v) is 2.98. The standard InChI is InChI=1S/C23H26ClNO4/c1-4-29-21(27)19(14-16-10-12-18(24)13-11-16)25-22(28)23(2,3)15-20(26)17-8-6-5-7-9-17/h5-13,19H,4,14-15H2,1-3H3,(H,25,28). The largest absolute Gasteiger partial charge is 0.464 e. The van der Waals surface area contributed by atoms with Crippen molar-refractivity contribution in [3.8, 4) is 0 Å². The molecule has 0 spiro atoms. The smallest absolute Gasteiger partial charge is 0.328 e. The summed E-state index contributed by atoms with van der Waals surface area (Å²) in [5, 5.41) is 3.35. The number of halogens is 1. The van der Waals surface area contributed by atoms with Gasteiger partial charge in [-0.25, -0.2) is 4.79 Å². The van der Waals surface area contributed by atoms with Gasteiger partial charge in [0.1, 0.15) is 6.04 Å². The van der Waals surface area contributed by atoms with Crippen LogP contribution in [0.15, 0.2) is 54.6 Å². The van der Waals surface area contributed by atoms with Gasteiger partial charge in [-0.1, -0.05) is 67.9 Å². The molecule has 1 unspecified atom stereocenters. The molecule has 0 fully saturated rings. The summed E-state index contributed by atoms with van der Waals surface area (Å²) in [6.45, 7) is 5.30. The average molecular weight is 416 g/mol. The van der Waals surface area contributed by atoms with Crippen molar-refractivity contribution < 1.29 is 19.1 Å².